The summed E-state index contributed by atoms with van der Waals surface area (Å²) in [5.74, 6) is 0.213. The first kappa shape index (κ1) is 47.2. The number of piperidine rings is 5. The van der Waals surface area contributed by atoms with Crippen LogP contribution in [0.3, 0.4) is 0 Å². The van der Waals surface area contributed by atoms with Gasteiger partial charge in [0.25, 0.3) is 0 Å². The predicted octanol–water partition coefficient (Wildman–Crippen LogP) is 7.54. The van der Waals surface area contributed by atoms with Gasteiger partial charge in [-0.1, -0.05) is 30.7 Å². The second-order valence-corrected chi connectivity index (χ2v) is 23.0. The number of amides is 5. The van der Waals surface area contributed by atoms with Crippen LogP contribution in [0.25, 0.3) is 22.3 Å². The fourth-order valence-electron chi connectivity index (χ4n) is 13.7. The van der Waals surface area contributed by atoms with Crippen LogP contribution in [0.15, 0.2) is 54.9 Å². The van der Waals surface area contributed by atoms with Crippen molar-refractivity contribution in [3.8, 4) is 11.3 Å². The standard InChI is InChI=1S/C57H72N10O5/c1-35(2)66-34-58-48-33-47(60-52(51(48)66)59-40-12-13-40)39-11-17-46-49(30-39)67(43-31-42(32-43)62-23-5-4-6-24-62)56(72)57(46)21-28-64(29-22-57)55(71)44-8-7-25-65(36(44)3)54(70)38-19-26-63(27-20-38)41-14-9-37(10-15-41)45-16-18-50(68)61-53(45)69/h9-11,14-15,17,30,33-36,38,40,42-45H,4-8,12-13,16,18-29,31-32H2,1-3H3,(H,59,60)(H,61,68,69)/t36?,42?,43?,44?,45-/m1/s1. The Morgan fingerprint density at radius 2 is 1.54 bits per heavy atom. The summed E-state index contributed by atoms with van der Waals surface area (Å²) in [5.41, 5.74) is 7.17. The molecule has 0 radical (unpaired) electrons. The minimum Gasteiger partial charge on any atom is -0.371 e. The largest absolute Gasteiger partial charge is 0.371 e. The zero-order chi connectivity index (χ0) is 49.4. The average molecular weight is 977 g/mol. The summed E-state index contributed by atoms with van der Waals surface area (Å²) in [6.07, 6.45) is 15.0. The van der Waals surface area contributed by atoms with Crippen molar-refractivity contribution in [2.75, 3.05) is 60.9 Å². The van der Waals surface area contributed by atoms with Crippen LogP contribution in [0.1, 0.15) is 140 Å². The predicted molar refractivity (Wildman–Crippen MR) is 278 cm³/mol. The Bertz CT molecular complexity index is 2760. The molecule has 72 heavy (non-hydrogen) atoms. The number of aromatic nitrogens is 3. The van der Waals surface area contributed by atoms with E-state index >= 15 is 4.79 Å². The monoisotopic (exact) mass is 977 g/mol. The number of benzene rings is 2. The second kappa shape index (κ2) is 18.9. The number of nitrogens with zero attached hydrogens (tertiary/aromatic N) is 8. The zero-order valence-corrected chi connectivity index (χ0v) is 42.5. The lowest BCUT2D eigenvalue weighted by Gasteiger charge is -2.48. The Balaban J connectivity index is 0.729. The summed E-state index contributed by atoms with van der Waals surface area (Å²) in [6, 6.07) is 17.9. The van der Waals surface area contributed by atoms with Crippen molar-refractivity contribution in [2.24, 2.45) is 11.8 Å². The molecule has 8 aliphatic rings. The smallest absolute Gasteiger partial charge is 0.238 e. The number of likely N-dealkylation sites (tertiary alicyclic amines) is 3. The third kappa shape index (κ3) is 8.44. The molecule has 12 rings (SSSR count). The molecule has 5 saturated heterocycles. The topological polar surface area (TPSA) is 156 Å². The molecule has 8 heterocycles. The minimum absolute atomic E-state index is 0.0958. The number of rotatable bonds is 10. The Labute approximate surface area is 423 Å². The van der Waals surface area contributed by atoms with Crippen molar-refractivity contribution < 1.29 is 24.0 Å². The van der Waals surface area contributed by atoms with Gasteiger partial charge in [0.2, 0.25) is 29.5 Å². The number of carbonyl (C=O) groups is 5. The van der Waals surface area contributed by atoms with Crippen LogP contribution in [0.4, 0.5) is 17.2 Å². The molecular weight excluding hydrogens is 905 g/mol. The van der Waals surface area contributed by atoms with Crippen molar-refractivity contribution in [1.82, 2.24) is 34.6 Å². The molecule has 2 unspecified atom stereocenters. The van der Waals surface area contributed by atoms with Crippen molar-refractivity contribution in [3.05, 3.63) is 66.0 Å². The van der Waals surface area contributed by atoms with Gasteiger partial charge in [0, 0.05) is 92.2 Å². The van der Waals surface area contributed by atoms with Crippen LogP contribution in [0.2, 0.25) is 0 Å². The molecule has 15 nitrogen and oxygen atoms in total. The molecule has 1 spiro atoms. The molecule has 2 N–H and O–H groups in total. The van der Waals surface area contributed by atoms with E-state index in [1.807, 2.05) is 40.4 Å². The van der Waals surface area contributed by atoms with E-state index in [1.165, 1.54) is 19.3 Å². The fraction of sp³-hybridized carbons (Fsp3) is 0.596. The number of fused-ring (bicyclic) bond motifs is 3. The third-order valence-electron chi connectivity index (χ3n) is 18.3. The maximum absolute atomic E-state index is 15.3. The number of hydrogen-bond acceptors (Lipinski definition) is 10. The first-order valence-corrected chi connectivity index (χ1v) is 27.6. The van der Waals surface area contributed by atoms with Crippen molar-refractivity contribution >= 4 is 57.8 Å². The van der Waals surface area contributed by atoms with Gasteiger partial charge in [-0.15, -0.1) is 0 Å². The van der Waals surface area contributed by atoms with E-state index in [1.54, 1.807) is 0 Å². The van der Waals surface area contributed by atoms with E-state index in [9.17, 15) is 19.2 Å². The number of hydrogen-bond donors (Lipinski definition) is 2. The van der Waals surface area contributed by atoms with E-state index in [2.05, 4.69) is 74.9 Å². The van der Waals surface area contributed by atoms with E-state index < -0.39 is 5.41 Å². The lowest BCUT2D eigenvalue weighted by molar-refractivity contribution is -0.149. The summed E-state index contributed by atoms with van der Waals surface area (Å²) in [7, 11) is 0. The van der Waals surface area contributed by atoms with Crippen LogP contribution >= 0.6 is 0 Å². The van der Waals surface area contributed by atoms with E-state index in [0.717, 1.165) is 128 Å². The quantitative estimate of drug-likeness (QED) is 0.152. The lowest BCUT2D eigenvalue weighted by atomic mass is 9.73. The van der Waals surface area contributed by atoms with E-state index in [4.69, 9.17) is 9.97 Å². The Morgan fingerprint density at radius 1 is 0.792 bits per heavy atom. The van der Waals surface area contributed by atoms with Crippen LogP contribution in [0.5, 0.6) is 0 Å². The molecule has 2 aromatic carbocycles. The van der Waals surface area contributed by atoms with Gasteiger partial charge in [-0.05, 0) is 153 Å². The molecule has 380 valence electrons. The van der Waals surface area contributed by atoms with Gasteiger partial charge in [0.15, 0.2) is 5.82 Å². The highest BCUT2D eigenvalue weighted by Crippen LogP contribution is 2.52. The van der Waals surface area contributed by atoms with Gasteiger partial charge in [0.1, 0.15) is 5.52 Å². The van der Waals surface area contributed by atoms with Gasteiger partial charge in [-0.2, -0.15) is 0 Å². The SMILES string of the molecule is CC1C(C(=O)N2CCC3(CC2)C(=O)N(C2CC(N4CCCCC4)C2)c2cc(-c4cc5ncn(C(C)C)c5c(NC5CC5)n4)ccc23)CCCN1C(=O)C1CCN(c2ccc([C@H]3CCC(=O)NC3=O)cc2)CC1. The molecule has 6 aliphatic heterocycles. The Kier molecular flexibility index (Phi) is 12.4. The number of imide groups is 1. The average Bonchev–Trinajstić information content (AvgIpc) is 4.05. The number of carbonyl (C=O) groups excluding carboxylic acids is 5. The van der Waals surface area contributed by atoms with Gasteiger partial charge >= 0.3 is 0 Å². The van der Waals surface area contributed by atoms with Gasteiger partial charge in [-0.25, -0.2) is 9.97 Å². The van der Waals surface area contributed by atoms with Crippen LogP contribution in [0, 0.1) is 11.8 Å². The number of anilines is 3. The summed E-state index contributed by atoms with van der Waals surface area (Å²) in [5, 5.41) is 6.17. The van der Waals surface area contributed by atoms with E-state index in [-0.39, 0.29) is 65.4 Å². The van der Waals surface area contributed by atoms with Crippen molar-refractivity contribution in [3.63, 3.8) is 0 Å². The Hall–Kier alpha value is -5.83. The second-order valence-electron chi connectivity index (χ2n) is 23.0. The van der Waals surface area contributed by atoms with Gasteiger partial charge in [0.05, 0.1) is 34.8 Å². The highest BCUT2D eigenvalue weighted by molar-refractivity contribution is 6.09. The summed E-state index contributed by atoms with van der Waals surface area (Å²) < 4.78 is 2.20. The maximum Gasteiger partial charge on any atom is 0.238 e. The molecule has 5 amide bonds. The summed E-state index contributed by atoms with van der Waals surface area (Å²) in [6.45, 7) is 11.9. The van der Waals surface area contributed by atoms with E-state index in [0.29, 0.717) is 57.4 Å². The molecular formula is C57H72N10O5. The zero-order valence-electron chi connectivity index (χ0n) is 42.5. The lowest BCUT2D eigenvalue weighted by Crippen LogP contribution is -2.59. The van der Waals surface area contributed by atoms with Crippen LogP contribution < -0.4 is 20.4 Å². The number of pyridine rings is 1. The molecule has 2 aliphatic carbocycles. The first-order chi connectivity index (χ1) is 34.9. The Morgan fingerprint density at radius 3 is 2.25 bits per heavy atom. The van der Waals surface area contributed by atoms with Crippen molar-refractivity contribution in [1.29, 1.82) is 0 Å². The van der Waals surface area contributed by atoms with Gasteiger partial charge in [-0.3, -0.25) is 29.3 Å². The summed E-state index contributed by atoms with van der Waals surface area (Å²) in [4.78, 5) is 89.7. The third-order valence-corrected chi connectivity index (χ3v) is 18.3. The molecule has 0 bridgehead atoms. The summed E-state index contributed by atoms with van der Waals surface area (Å²) >= 11 is 0. The first-order valence-electron chi connectivity index (χ1n) is 27.6. The molecule has 4 aromatic rings. The number of nitrogens with one attached hydrogen (secondary N) is 2. The highest BCUT2D eigenvalue weighted by atomic mass is 16.2. The van der Waals surface area contributed by atoms with Gasteiger partial charge < -0.3 is 34.4 Å². The molecule has 2 saturated carbocycles. The van der Waals surface area contributed by atoms with Crippen LogP contribution in [-0.2, 0) is 29.4 Å². The number of imidazole rings is 1. The normalized spacial score (nSPS) is 27.1. The maximum atomic E-state index is 15.3. The highest BCUT2D eigenvalue weighted by Gasteiger charge is 2.56. The minimum atomic E-state index is -0.697. The molecule has 2 aromatic heterocycles. The fourth-order valence-corrected chi connectivity index (χ4v) is 13.7. The molecule has 7 fully saturated rings. The molecule has 15 heteroatoms. The molecule has 3 atom stereocenters. The van der Waals surface area contributed by atoms with Crippen molar-refractivity contribution in [2.45, 2.75) is 159 Å². The van der Waals surface area contributed by atoms with Crippen LogP contribution in [-0.4, -0.2) is 129 Å².